The van der Waals surface area contributed by atoms with Crippen LogP contribution in [-0.2, 0) is 54.2 Å². The number of hydrogen-bond donors (Lipinski definition) is 3. The normalized spacial score (nSPS) is 25.6. The van der Waals surface area contributed by atoms with Gasteiger partial charge in [0.2, 0.25) is 5.24 Å². The second kappa shape index (κ2) is 35.8. The van der Waals surface area contributed by atoms with Gasteiger partial charge >= 0.3 is 103 Å². The van der Waals surface area contributed by atoms with Crippen LogP contribution in [0.1, 0.15) is 147 Å². The van der Waals surface area contributed by atoms with Crippen LogP contribution >= 0.6 is 11.6 Å². The molecule has 0 amide bonds. The van der Waals surface area contributed by atoms with Crippen molar-refractivity contribution in [3.8, 4) is 0 Å². The first-order valence-electron chi connectivity index (χ1n) is 34.5. The molecule has 6 aromatic rings. The van der Waals surface area contributed by atoms with E-state index in [1.807, 2.05) is 0 Å². The molecule has 0 spiro atoms. The van der Waals surface area contributed by atoms with Gasteiger partial charge in [-0.3, -0.25) is 14.4 Å². The average Bonchev–Trinajstić information content (AvgIpc) is 1.01. The molecule has 79 heavy (non-hydrogen) atoms. The number of Topliss-reactive ketones (excluding diaryl/α,β-unsaturated/α-hetero) is 1. The van der Waals surface area contributed by atoms with E-state index in [1.165, 1.54) is 40.4 Å². The molecular formula is C60H81ClF2K2N6O8. The van der Waals surface area contributed by atoms with Crippen molar-refractivity contribution in [2.75, 3.05) is 67.6 Å². The Bertz CT molecular complexity index is 3690. The molecule has 3 N–H and O–H groups in total. The third-order valence-electron chi connectivity index (χ3n) is 12.5. The summed E-state index contributed by atoms with van der Waals surface area (Å²) >= 11 is 4.81. The standard InChI is InChI=1S/C30H40FN3O2.C26H34FN3O.C3H5ClO2.CH2O3.2K.H/c1-21(2)29-25-12-11-23(31)18-22(25)13-14-30(29,19-24(35)20-36-4)15-17-34(3)16-7-10-28-32-26-8-5-6-9-27(26)33-28;1-18(2)25-21-11-10-20(27)17-19(21)12-13-26(25,31)14-16-30(3)15-6-9-24-28-22-7-4-5-8-23(22)29-24;1-6-2-3(4)5;2-1-4-3;;;/h5-6,8-9,11-12,18,21,29H,7,10,13-17,19-20H2,1-4H3,(H,32,33);4-5,7-8,10-11,17-18,25,31H,6,9,12-16H2,1-3H3,(H,28,29);2H2,1H3;1,3H;;;/q;;;;2*+1;-1/p-1/t29-,30+;25-,26-;;;;;/m00...../s1/i7D2,10D2,13D2,14D2,16D2;6D2,9D2,12D2,13D2,15D2;;;;;. The number of rotatable bonds is 23. The molecule has 2 heterocycles. The number of aryl methyl sites for hydroxylation is 4. The first-order valence-corrected chi connectivity index (χ1v) is 24.9. The summed E-state index contributed by atoms with van der Waals surface area (Å²) < 4.78 is 213. The van der Waals surface area contributed by atoms with Crippen LogP contribution in [0, 0.1) is 28.9 Å². The Hall–Kier alpha value is -2.19. The predicted octanol–water partition coefficient (Wildman–Crippen LogP) is 3.96. The maximum Gasteiger partial charge on any atom is 1.00 e. The molecule has 2 aliphatic rings. The van der Waals surface area contributed by atoms with Crippen LogP contribution in [0.15, 0.2) is 84.9 Å². The van der Waals surface area contributed by atoms with Crippen LogP contribution in [0.5, 0.6) is 0 Å². The average molecular weight is 1190 g/mol. The molecule has 0 fully saturated rings. The van der Waals surface area contributed by atoms with Crippen molar-refractivity contribution in [2.45, 2.75) is 115 Å². The number of ketones is 1. The zero-order valence-electron chi connectivity index (χ0n) is 67.1. The molecule has 0 bridgehead atoms. The number of methoxy groups -OCH3 is 2. The number of aromatic amines is 2. The Morgan fingerprint density at radius 2 is 1.25 bits per heavy atom. The van der Waals surface area contributed by atoms with E-state index in [2.05, 4.69) is 29.6 Å². The van der Waals surface area contributed by atoms with Crippen LogP contribution in [0.3, 0.4) is 0 Å². The van der Waals surface area contributed by atoms with Crippen molar-refractivity contribution in [3.05, 3.63) is 130 Å². The number of para-hydroxylation sites is 4. The Kier molecular flexibility index (Phi) is 20.5. The Morgan fingerprint density at radius 3 is 1.68 bits per heavy atom. The Balaban J connectivity index is 0.000000585. The van der Waals surface area contributed by atoms with E-state index in [9.17, 15) is 26.2 Å². The van der Waals surface area contributed by atoms with Crippen LogP contribution in [0.4, 0.5) is 8.78 Å². The monoisotopic (exact) mass is 1180 g/mol. The maximum atomic E-state index is 14.4. The van der Waals surface area contributed by atoms with Gasteiger partial charge in [0.25, 0.3) is 6.47 Å². The van der Waals surface area contributed by atoms with Crippen LogP contribution in [0.25, 0.3) is 22.1 Å². The molecule has 4 atom stereocenters. The molecule has 0 saturated carbocycles. The number of aliphatic hydroxyl groups is 1. The van der Waals surface area contributed by atoms with E-state index < -0.39 is 153 Å². The number of carbonyl (C=O) groups is 3. The number of imidazole rings is 2. The number of H-pyrrole nitrogens is 2. The number of halogens is 3. The number of fused-ring (bicyclic) bond motifs is 4. The molecule has 4 aromatic carbocycles. The first kappa shape index (κ1) is 45.2. The summed E-state index contributed by atoms with van der Waals surface area (Å²) in [5.74, 6) is -5.47. The molecule has 2 aromatic heterocycles. The summed E-state index contributed by atoms with van der Waals surface area (Å²) in [7, 11) is 5.15. The van der Waals surface area contributed by atoms with Crippen molar-refractivity contribution >= 4 is 51.2 Å². The third-order valence-corrected chi connectivity index (χ3v) is 12.6. The van der Waals surface area contributed by atoms with Gasteiger partial charge in [0.05, 0.1) is 27.7 Å². The zero-order valence-corrected chi connectivity index (χ0v) is 53.1. The van der Waals surface area contributed by atoms with Gasteiger partial charge in [-0.05, 0) is 190 Å². The second-order valence-electron chi connectivity index (χ2n) is 18.9. The topological polar surface area (TPSA) is 186 Å². The third kappa shape index (κ3) is 21.7. The van der Waals surface area contributed by atoms with Crippen molar-refractivity contribution < 1.29 is 180 Å². The fraction of sp³-hybridized carbons (Fsp3) is 0.517. The van der Waals surface area contributed by atoms with Gasteiger partial charge in [0, 0.05) is 73.3 Å². The molecule has 8 rings (SSSR count). The summed E-state index contributed by atoms with van der Waals surface area (Å²) in [5, 5.41) is 19.9. The molecule has 422 valence electrons. The molecule has 0 saturated heterocycles. The van der Waals surface area contributed by atoms with Gasteiger partial charge < -0.3 is 45.9 Å². The number of nitrogens with one attached hydrogen (secondary N) is 2. The molecule has 0 aliphatic heterocycles. The van der Waals surface area contributed by atoms with Crippen LogP contribution in [-0.4, -0.2) is 126 Å². The molecule has 0 unspecified atom stereocenters. The molecule has 2 aliphatic carbocycles. The zero-order chi connectivity index (χ0) is 74.1. The number of ether oxygens (including phenoxy) is 2. The van der Waals surface area contributed by atoms with Gasteiger partial charge in [-0.25, -0.2) is 18.7 Å². The smallest absolute Gasteiger partial charge is 1.00 e. The van der Waals surface area contributed by atoms with E-state index in [4.69, 9.17) is 51.1 Å². The summed E-state index contributed by atoms with van der Waals surface area (Å²) in [6.07, 6.45) is -25.0. The minimum Gasteiger partial charge on any atom is -1.00 e. The minimum absolute atomic E-state index is 0. The van der Waals surface area contributed by atoms with Gasteiger partial charge in [-0.1, -0.05) is 64.1 Å². The fourth-order valence-electron chi connectivity index (χ4n) is 9.36. The van der Waals surface area contributed by atoms with Crippen molar-refractivity contribution in [1.82, 2.24) is 29.7 Å². The fourth-order valence-corrected chi connectivity index (χ4v) is 9.47. The second-order valence-corrected chi connectivity index (χ2v) is 19.3. The van der Waals surface area contributed by atoms with Crippen molar-refractivity contribution in [1.29, 1.82) is 0 Å². The Morgan fingerprint density at radius 1 is 0.797 bits per heavy atom. The predicted molar refractivity (Wildman–Crippen MR) is 298 cm³/mol. The SMILES string of the molecule is COCC(=O)Cl.O=CO[O-].[2H]C([2H])(c1nc2ccccc2[nH]1)C([2H])([2H])C([2H])([2H])N(C)CC[C@]1(CC(=O)COC)[C@@H](C(C)C)c2ccc(F)cc2C([2H])([2H])C1([2H])[2H].[2H]C([2H])(c1nc2ccccc2[nH]1)C([2H])([2H])C([2H])([2H])N(C)CC[C@]1(O)[C@@H](C(C)C)c2ccc(F)cc2C([2H])([2H])C1([2H])[2H].[H-].[K+].[K+]. The molecule has 14 nitrogen and oxygen atoms in total. The number of nitrogens with zero attached hydrogens (tertiary/aromatic N) is 4. The quantitative estimate of drug-likeness (QED) is 0.0276. The van der Waals surface area contributed by atoms with Gasteiger partial charge in [0.1, 0.15) is 36.5 Å². The summed E-state index contributed by atoms with van der Waals surface area (Å²) in [6, 6.07) is 20.2. The molecular weight excluding hydrogens is 1080 g/mol. The van der Waals surface area contributed by atoms with Gasteiger partial charge in [-0.15, -0.1) is 0 Å². The number of benzene rings is 4. The minimum atomic E-state index is -3.22. The van der Waals surface area contributed by atoms with E-state index in [0.29, 0.717) is 27.6 Å². The molecule has 0 radical (unpaired) electrons. The first-order chi connectivity index (χ1) is 44.4. The number of carbonyl (C=O) groups excluding carboxylic acids is 3. The van der Waals surface area contributed by atoms with Crippen LogP contribution in [0.2, 0.25) is 0 Å². The summed E-state index contributed by atoms with van der Waals surface area (Å²) in [5.41, 5.74) is -2.36. The van der Waals surface area contributed by atoms with E-state index in [0.717, 1.165) is 34.1 Å². The van der Waals surface area contributed by atoms with Crippen LogP contribution < -0.4 is 108 Å². The number of hydrogen-bond acceptors (Lipinski definition) is 12. The van der Waals surface area contributed by atoms with Gasteiger partial charge in [-0.2, -0.15) is 0 Å². The summed E-state index contributed by atoms with van der Waals surface area (Å²) in [6.45, 7) is -0.427. The van der Waals surface area contributed by atoms with E-state index in [1.54, 1.807) is 76.2 Å². The van der Waals surface area contributed by atoms with Crippen molar-refractivity contribution in [2.24, 2.45) is 17.3 Å². The van der Waals surface area contributed by atoms with E-state index >= 15 is 0 Å². The van der Waals surface area contributed by atoms with Gasteiger partial charge in [0.15, 0.2) is 5.78 Å². The molecule has 19 heteroatoms. The van der Waals surface area contributed by atoms with E-state index in [-0.39, 0.29) is 153 Å². The summed E-state index contributed by atoms with van der Waals surface area (Å²) in [4.78, 5) is 49.7. The number of aromatic nitrogens is 4. The largest absolute Gasteiger partial charge is 1.00 e. The maximum absolute atomic E-state index is 14.4. The Labute approximate surface area is 585 Å². The van der Waals surface area contributed by atoms with Crippen molar-refractivity contribution in [3.63, 3.8) is 0 Å².